The molecule has 120 valence electrons. The van der Waals surface area contributed by atoms with E-state index < -0.39 is 44.7 Å². The van der Waals surface area contributed by atoms with Crippen LogP contribution in [0.5, 0.6) is 0 Å². The number of hydrogen-bond acceptors (Lipinski definition) is 7. The van der Waals surface area contributed by atoms with Crippen LogP contribution in [0.3, 0.4) is 0 Å². The highest BCUT2D eigenvalue weighted by atomic mass is 32.3. The highest BCUT2D eigenvalue weighted by Crippen LogP contribution is 2.30. The average Bonchev–Trinajstić information content (AvgIpc) is 2.51. The van der Waals surface area contributed by atoms with Gasteiger partial charge in [-0.2, -0.15) is 21.9 Å². The van der Waals surface area contributed by atoms with Crippen molar-refractivity contribution in [3.8, 4) is 0 Å². The van der Waals surface area contributed by atoms with E-state index in [1.54, 1.807) is 0 Å². The second-order valence-corrected chi connectivity index (χ2v) is 6.61. The molecule has 2 rings (SSSR count). The van der Waals surface area contributed by atoms with Gasteiger partial charge in [0, 0.05) is 6.54 Å². The third kappa shape index (κ3) is 3.59. The second kappa shape index (κ2) is 5.06. The van der Waals surface area contributed by atoms with E-state index in [2.05, 4.69) is 4.28 Å². The fourth-order valence-corrected chi connectivity index (χ4v) is 3.08. The van der Waals surface area contributed by atoms with Gasteiger partial charge < -0.3 is 4.90 Å². The van der Waals surface area contributed by atoms with Crippen LogP contribution in [0.25, 0.3) is 0 Å². The summed E-state index contributed by atoms with van der Waals surface area (Å²) >= 11 is 0. The lowest BCUT2D eigenvalue weighted by molar-refractivity contribution is -0.124. The van der Waals surface area contributed by atoms with Crippen LogP contribution in [0, 0.1) is 0 Å². The first kappa shape index (κ1) is 15.9. The molecule has 2 atom stereocenters. The van der Waals surface area contributed by atoms with Crippen molar-refractivity contribution in [2.24, 2.45) is 0 Å². The van der Waals surface area contributed by atoms with E-state index in [1.807, 2.05) is 0 Å². The molecule has 14 heteroatoms. The maximum absolute atomic E-state index is 11.9. The maximum Gasteiger partial charge on any atom is 0.418 e. The van der Waals surface area contributed by atoms with Crippen LogP contribution in [-0.2, 0) is 29.8 Å². The van der Waals surface area contributed by atoms with E-state index in [0.29, 0.717) is 5.06 Å². The summed E-state index contributed by atoms with van der Waals surface area (Å²) in [6, 6.07) is -2.91. The molecule has 2 bridgehead atoms. The molecule has 2 aliphatic rings. The van der Waals surface area contributed by atoms with Gasteiger partial charge in [0.05, 0.1) is 6.04 Å². The Balaban J connectivity index is 2.16. The lowest BCUT2D eigenvalue weighted by Crippen LogP contribution is -2.50. The van der Waals surface area contributed by atoms with Crippen molar-refractivity contribution in [1.29, 1.82) is 0 Å². The molecule has 3 amide bonds. The predicted molar refractivity (Wildman–Crippen MR) is 63.1 cm³/mol. The molecule has 12 nitrogen and oxygen atoms in total. The van der Waals surface area contributed by atoms with Gasteiger partial charge in [0.15, 0.2) is 0 Å². The molecule has 2 aliphatic heterocycles. The van der Waals surface area contributed by atoms with E-state index in [4.69, 9.17) is 9.11 Å². The number of carbonyl (C=O) groups excluding carboxylic acids is 2. The largest absolute Gasteiger partial charge is 0.418 e. The molecule has 2 saturated heterocycles. The molecule has 0 aromatic carbocycles. The van der Waals surface area contributed by atoms with Crippen LogP contribution in [0.2, 0.25) is 0 Å². The lowest BCUT2D eigenvalue weighted by atomic mass is 10.0. The summed E-state index contributed by atoms with van der Waals surface area (Å²) in [4.78, 5) is 24.5. The first-order chi connectivity index (χ1) is 9.48. The highest BCUT2D eigenvalue weighted by molar-refractivity contribution is 7.84. The number of urea groups is 1. The number of rotatable bonds is 4. The van der Waals surface area contributed by atoms with Gasteiger partial charge in [0.25, 0.3) is 5.91 Å². The SMILES string of the molecule is O=C(NS(=O)(=O)O)[C@@H]1CC[C@@H]2CN1C(=O)N2OS(=O)(=O)O. The van der Waals surface area contributed by atoms with Gasteiger partial charge in [-0.05, 0) is 12.8 Å². The minimum absolute atomic E-state index is 0.0308. The van der Waals surface area contributed by atoms with E-state index in [0.717, 1.165) is 4.90 Å². The van der Waals surface area contributed by atoms with Gasteiger partial charge in [0.2, 0.25) is 0 Å². The number of fused-ring (bicyclic) bond motifs is 2. The molecule has 0 unspecified atom stereocenters. The minimum atomic E-state index is -4.90. The fraction of sp³-hybridized carbons (Fsp3) is 0.714. The monoisotopic (exact) mass is 345 g/mol. The van der Waals surface area contributed by atoms with Gasteiger partial charge in [-0.25, -0.2) is 9.52 Å². The first-order valence-corrected chi connectivity index (χ1v) is 8.34. The summed E-state index contributed by atoms with van der Waals surface area (Å²) in [5.74, 6) is -1.13. The summed E-state index contributed by atoms with van der Waals surface area (Å²) in [6.45, 7) is -0.0854. The molecule has 2 fully saturated rings. The van der Waals surface area contributed by atoms with Crippen molar-refractivity contribution >= 4 is 32.6 Å². The molecule has 3 N–H and O–H groups in total. The Morgan fingerprint density at radius 1 is 1.24 bits per heavy atom. The molecule has 0 spiro atoms. The van der Waals surface area contributed by atoms with Crippen LogP contribution in [0.15, 0.2) is 0 Å². The number of hydroxylamine groups is 2. The van der Waals surface area contributed by atoms with Crippen LogP contribution in [-0.4, -0.2) is 66.5 Å². The summed E-state index contributed by atoms with van der Waals surface area (Å²) < 4.78 is 65.1. The van der Waals surface area contributed by atoms with Crippen molar-refractivity contribution in [3.05, 3.63) is 0 Å². The molecule has 21 heavy (non-hydrogen) atoms. The highest BCUT2D eigenvalue weighted by Gasteiger charge is 2.49. The third-order valence-corrected chi connectivity index (χ3v) is 3.84. The van der Waals surface area contributed by atoms with E-state index >= 15 is 0 Å². The number of nitrogens with one attached hydrogen (secondary N) is 1. The number of nitrogens with zero attached hydrogens (tertiary/aromatic N) is 2. The molecular weight excluding hydrogens is 334 g/mol. The normalized spacial score (nSPS) is 26.1. The number of carbonyl (C=O) groups is 2. The second-order valence-electron chi connectivity index (χ2n) is 4.45. The summed E-state index contributed by atoms with van der Waals surface area (Å²) in [5.41, 5.74) is 0. The van der Waals surface area contributed by atoms with Crippen LogP contribution in [0.1, 0.15) is 12.8 Å². The molecule has 0 aromatic heterocycles. The first-order valence-electron chi connectivity index (χ1n) is 5.54. The Bertz CT molecular complexity index is 671. The molecule has 0 aliphatic carbocycles. The van der Waals surface area contributed by atoms with Crippen LogP contribution in [0.4, 0.5) is 4.79 Å². The molecular formula is C7H11N3O9S2. The zero-order chi connectivity index (χ0) is 16.0. The molecule has 2 heterocycles. The predicted octanol–water partition coefficient (Wildman–Crippen LogP) is -2.09. The Kier molecular flexibility index (Phi) is 3.83. The van der Waals surface area contributed by atoms with Crippen molar-refractivity contribution in [2.45, 2.75) is 24.9 Å². The van der Waals surface area contributed by atoms with Crippen molar-refractivity contribution < 1.29 is 39.8 Å². The topological polar surface area (TPSA) is 171 Å². The number of amides is 3. The summed E-state index contributed by atoms with van der Waals surface area (Å²) in [5, 5.41) is 0.413. The van der Waals surface area contributed by atoms with E-state index in [-0.39, 0.29) is 19.4 Å². The molecule has 0 aromatic rings. The van der Waals surface area contributed by atoms with Crippen LogP contribution < -0.4 is 4.72 Å². The van der Waals surface area contributed by atoms with Gasteiger partial charge in [-0.15, -0.1) is 4.28 Å². The van der Waals surface area contributed by atoms with Gasteiger partial charge in [-0.1, -0.05) is 0 Å². The average molecular weight is 345 g/mol. The van der Waals surface area contributed by atoms with E-state index in [1.165, 1.54) is 4.72 Å². The fourth-order valence-electron chi connectivity index (χ4n) is 2.30. The third-order valence-electron chi connectivity index (χ3n) is 3.03. The minimum Gasteiger partial charge on any atom is -0.309 e. The van der Waals surface area contributed by atoms with Crippen molar-refractivity contribution in [2.75, 3.05) is 6.54 Å². The van der Waals surface area contributed by atoms with Crippen molar-refractivity contribution in [3.63, 3.8) is 0 Å². The smallest absolute Gasteiger partial charge is 0.309 e. The lowest BCUT2D eigenvalue weighted by Gasteiger charge is -2.28. The zero-order valence-electron chi connectivity index (χ0n) is 10.2. The Hall–Kier alpha value is -1.48. The standard InChI is InChI=1S/C7H11N3O9S2/c11-6(8-20(13,14)15)5-2-1-4-3-9(5)7(12)10(4)19-21(16,17)18/h4-5H,1-3H2,(H,8,11)(H,13,14,15)(H,16,17,18)/t4-,5+/m1/s1. The van der Waals surface area contributed by atoms with Crippen LogP contribution >= 0.6 is 0 Å². The summed E-state index contributed by atoms with van der Waals surface area (Å²) in [7, 11) is -9.67. The summed E-state index contributed by atoms with van der Waals surface area (Å²) in [6.07, 6.45) is 0.171. The van der Waals surface area contributed by atoms with Gasteiger partial charge in [-0.3, -0.25) is 13.9 Å². The van der Waals surface area contributed by atoms with Gasteiger partial charge in [0.1, 0.15) is 6.04 Å². The Morgan fingerprint density at radius 3 is 2.38 bits per heavy atom. The Labute approximate surface area is 119 Å². The quantitative estimate of drug-likeness (QED) is 0.483. The molecule has 0 radical (unpaired) electrons. The number of piperidine rings is 1. The zero-order valence-corrected chi connectivity index (χ0v) is 11.9. The van der Waals surface area contributed by atoms with Gasteiger partial charge >= 0.3 is 26.7 Å². The Morgan fingerprint density at radius 2 is 1.86 bits per heavy atom. The molecule has 0 saturated carbocycles. The maximum atomic E-state index is 11.9. The number of hydrogen-bond donors (Lipinski definition) is 3. The van der Waals surface area contributed by atoms with E-state index in [9.17, 15) is 26.4 Å². The van der Waals surface area contributed by atoms with Crippen molar-refractivity contribution in [1.82, 2.24) is 14.7 Å².